The first kappa shape index (κ1) is 12.7. The van der Waals surface area contributed by atoms with E-state index in [1.54, 1.807) is 6.26 Å². The van der Waals surface area contributed by atoms with Crippen molar-refractivity contribution in [3.63, 3.8) is 0 Å². The predicted molar refractivity (Wildman–Crippen MR) is 69.2 cm³/mol. The van der Waals surface area contributed by atoms with Crippen LogP contribution in [0.25, 0.3) is 0 Å². The molecule has 1 aliphatic heterocycles. The van der Waals surface area contributed by atoms with Crippen LogP contribution in [0.1, 0.15) is 31.4 Å². The lowest BCUT2D eigenvalue weighted by Gasteiger charge is -2.24. The van der Waals surface area contributed by atoms with Crippen LogP contribution in [0.3, 0.4) is 0 Å². The van der Waals surface area contributed by atoms with Crippen LogP contribution in [0.5, 0.6) is 0 Å². The minimum atomic E-state index is -0.316. The smallest absolute Gasteiger partial charge is 0.252 e. The van der Waals surface area contributed by atoms with Crippen LogP contribution in [0, 0.1) is 0 Å². The number of furan rings is 1. The summed E-state index contributed by atoms with van der Waals surface area (Å²) in [5.41, 5.74) is 5.59. The Morgan fingerprint density at radius 2 is 2.21 bits per heavy atom. The number of rotatable bonds is 5. The Kier molecular flexibility index (Phi) is 3.57. The zero-order valence-electron chi connectivity index (χ0n) is 11.0. The van der Waals surface area contributed by atoms with E-state index in [0.717, 1.165) is 31.4 Å². The molecule has 1 aromatic heterocycles. The molecular weight excluding hydrogens is 244 g/mol. The standard InChI is InChI=1S/C14H20N2O3/c15-8-11-5-6-13(19-11)14(17)16(10-3-4-10)9-12-2-1-7-18-12/h1-2,7,10-11,13H,3-6,8-9,15H2. The Balaban J connectivity index is 1.65. The highest BCUT2D eigenvalue weighted by Gasteiger charge is 2.39. The van der Waals surface area contributed by atoms with E-state index in [0.29, 0.717) is 19.1 Å². The SMILES string of the molecule is NCC1CCC(C(=O)N(Cc2ccco2)C2CC2)O1. The Labute approximate surface area is 112 Å². The lowest BCUT2D eigenvalue weighted by molar-refractivity contribution is -0.144. The summed E-state index contributed by atoms with van der Waals surface area (Å²) >= 11 is 0. The van der Waals surface area contributed by atoms with Gasteiger partial charge in [-0.15, -0.1) is 0 Å². The van der Waals surface area contributed by atoms with Crippen molar-refractivity contribution in [3.05, 3.63) is 24.2 Å². The average Bonchev–Trinajstić information content (AvgIpc) is 2.95. The first-order chi connectivity index (χ1) is 9.28. The zero-order chi connectivity index (χ0) is 13.2. The topological polar surface area (TPSA) is 68.7 Å². The van der Waals surface area contributed by atoms with Gasteiger partial charge in [-0.3, -0.25) is 4.79 Å². The fourth-order valence-electron chi connectivity index (χ4n) is 2.59. The molecule has 5 heteroatoms. The van der Waals surface area contributed by atoms with Crippen molar-refractivity contribution in [1.82, 2.24) is 4.90 Å². The molecule has 0 radical (unpaired) electrons. The molecule has 0 spiro atoms. The summed E-state index contributed by atoms with van der Waals surface area (Å²) in [6.45, 7) is 1.04. The van der Waals surface area contributed by atoms with Gasteiger partial charge in [0.1, 0.15) is 11.9 Å². The van der Waals surface area contributed by atoms with Crippen LogP contribution in [0.15, 0.2) is 22.8 Å². The van der Waals surface area contributed by atoms with Gasteiger partial charge in [0, 0.05) is 12.6 Å². The van der Waals surface area contributed by atoms with Gasteiger partial charge in [0.05, 0.1) is 18.9 Å². The predicted octanol–water partition coefficient (Wildman–Crippen LogP) is 1.28. The van der Waals surface area contributed by atoms with Crippen molar-refractivity contribution in [1.29, 1.82) is 0 Å². The molecule has 1 saturated carbocycles. The Bertz CT molecular complexity index is 428. The van der Waals surface area contributed by atoms with E-state index >= 15 is 0 Å². The van der Waals surface area contributed by atoms with E-state index < -0.39 is 0 Å². The van der Waals surface area contributed by atoms with Crippen LogP contribution >= 0.6 is 0 Å². The minimum absolute atomic E-state index is 0.0404. The molecule has 2 aliphatic rings. The maximum atomic E-state index is 12.5. The van der Waals surface area contributed by atoms with Crippen LogP contribution in [0.2, 0.25) is 0 Å². The number of hydrogen-bond acceptors (Lipinski definition) is 4. The Morgan fingerprint density at radius 3 is 2.79 bits per heavy atom. The third-order valence-electron chi connectivity index (χ3n) is 3.82. The second-order valence-electron chi connectivity index (χ2n) is 5.34. The molecule has 2 heterocycles. The lowest BCUT2D eigenvalue weighted by atomic mass is 10.1. The van der Waals surface area contributed by atoms with E-state index in [9.17, 15) is 4.79 Å². The molecule has 5 nitrogen and oxygen atoms in total. The second-order valence-corrected chi connectivity index (χ2v) is 5.34. The summed E-state index contributed by atoms with van der Waals surface area (Å²) in [7, 11) is 0. The number of amides is 1. The van der Waals surface area contributed by atoms with E-state index in [4.69, 9.17) is 14.9 Å². The zero-order valence-corrected chi connectivity index (χ0v) is 11.0. The molecular formula is C14H20N2O3. The number of ether oxygens (including phenoxy) is 1. The van der Waals surface area contributed by atoms with Crippen LogP contribution in [0.4, 0.5) is 0 Å². The summed E-state index contributed by atoms with van der Waals surface area (Å²) in [5, 5.41) is 0. The van der Waals surface area contributed by atoms with Gasteiger partial charge in [0.2, 0.25) is 0 Å². The molecule has 1 saturated heterocycles. The van der Waals surface area contributed by atoms with E-state index in [1.165, 1.54) is 0 Å². The summed E-state index contributed by atoms with van der Waals surface area (Å²) in [5.74, 6) is 0.920. The van der Waals surface area contributed by atoms with Crippen LogP contribution < -0.4 is 5.73 Å². The average molecular weight is 264 g/mol. The number of hydrogen-bond donors (Lipinski definition) is 1. The molecule has 1 aromatic rings. The van der Waals surface area contributed by atoms with Crippen molar-refractivity contribution in [2.24, 2.45) is 5.73 Å². The van der Waals surface area contributed by atoms with Crippen molar-refractivity contribution in [2.75, 3.05) is 6.54 Å². The molecule has 3 rings (SSSR count). The number of nitrogens with two attached hydrogens (primary N) is 1. The lowest BCUT2D eigenvalue weighted by Crippen LogP contribution is -2.40. The van der Waals surface area contributed by atoms with Gasteiger partial charge in [-0.1, -0.05) is 0 Å². The third kappa shape index (κ3) is 2.82. The largest absolute Gasteiger partial charge is 0.467 e. The fourth-order valence-corrected chi connectivity index (χ4v) is 2.59. The molecule has 104 valence electrons. The quantitative estimate of drug-likeness (QED) is 0.869. The number of carbonyl (C=O) groups excluding carboxylic acids is 1. The molecule has 19 heavy (non-hydrogen) atoms. The maximum absolute atomic E-state index is 12.5. The highest BCUT2D eigenvalue weighted by atomic mass is 16.5. The molecule has 2 atom stereocenters. The van der Waals surface area contributed by atoms with Gasteiger partial charge in [-0.2, -0.15) is 0 Å². The molecule has 1 amide bonds. The highest BCUT2D eigenvalue weighted by molar-refractivity contribution is 5.81. The Morgan fingerprint density at radius 1 is 1.37 bits per heavy atom. The normalized spacial score (nSPS) is 26.6. The van der Waals surface area contributed by atoms with Crippen molar-refractivity contribution < 1.29 is 13.9 Å². The van der Waals surface area contributed by atoms with Gasteiger partial charge in [-0.05, 0) is 37.8 Å². The van der Waals surface area contributed by atoms with Crippen LogP contribution in [-0.4, -0.2) is 35.6 Å². The van der Waals surface area contributed by atoms with Crippen LogP contribution in [-0.2, 0) is 16.1 Å². The van der Waals surface area contributed by atoms with E-state index in [-0.39, 0.29) is 18.1 Å². The summed E-state index contributed by atoms with van der Waals surface area (Å²) < 4.78 is 11.0. The molecule has 0 aromatic carbocycles. The fraction of sp³-hybridized carbons (Fsp3) is 0.643. The summed E-state index contributed by atoms with van der Waals surface area (Å²) in [6, 6.07) is 4.11. The summed E-state index contributed by atoms with van der Waals surface area (Å²) in [6.07, 6.45) is 5.19. The van der Waals surface area contributed by atoms with E-state index in [2.05, 4.69) is 0 Å². The second kappa shape index (κ2) is 5.35. The van der Waals surface area contributed by atoms with E-state index in [1.807, 2.05) is 17.0 Å². The van der Waals surface area contributed by atoms with Crippen molar-refractivity contribution >= 4 is 5.91 Å². The van der Waals surface area contributed by atoms with Gasteiger partial charge < -0.3 is 19.8 Å². The first-order valence-corrected chi connectivity index (χ1v) is 6.96. The monoisotopic (exact) mass is 264 g/mol. The Hall–Kier alpha value is -1.33. The maximum Gasteiger partial charge on any atom is 0.252 e. The van der Waals surface area contributed by atoms with Crippen molar-refractivity contribution in [3.8, 4) is 0 Å². The first-order valence-electron chi connectivity index (χ1n) is 6.96. The molecule has 1 aliphatic carbocycles. The number of carbonyl (C=O) groups is 1. The molecule has 2 unspecified atom stereocenters. The molecule has 2 N–H and O–H groups in total. The van der Waals surface area contributed by atoms with Gasteiger partial charge in [0.15, 0.2) is 0 Å². The summed E-state index contributed by atoms with van der Waals surface area (Å²) in [4.78, 5) is 14.4. The van der Waals surface area contributed by atoms with Gasteiger partial charge in [-0.25, -0.2) is 0 Å². The minimum Gasteiger partial charge on any atom is -0.467 e. The highest BCUT2D eigenvalue weighted by Crippen LogP contribution is 2.31. The van der Waals surface area contributed by atoms with Gasteiger partial charge in [0.25, 0.3) is 5.91 Å². The molecule has 2 fully saturated rings. The van der Waals surface area contributed by atoms with Crippen molar-refractivity contribution in [2.45, 2.75) is 50.5 Å². The third-order valence-corrected chi connectivity index (χ3v) is 3.82. The number of nitrogens with zero attached hydrogens (tertiary/aromatic N) is 1. The molecule has 0 bridgehead atoms. The van der Waals surface area contributed by atoms with Gasteiger partial charge >= 0.3 is 0 Å².